The quantitative estimate of drug-likeness (QED) is 0.773. The fourth-order valence-corrected chi connectivity index (χ4v) is 4.19. The van der Waals surface area contributed by atoms with Gasteiger partial charge in [0.2, 0.25) is 0 Å². The summed E-state index contributed by atoms with van der Waals surface area (Å²) in [5.41, 5.74) is 0. The van der Waals surface area contributed by atoms with E-state index in [9.17, 15) is 4.79 Å². The van der Waals surface area contributed by atoms with Gasteiger partial charge in [0, 0.05) is 28.1 Å². The summed E-state index contributed by atoms with van der Waals surface area (Å²) in [6.45, 7) is 7.00. The van der Waals surface area contributed by atoms with Crippen molar-refractivity contribution in [2.24, 2.45) is 0 Å². The first-order chi connectivity index (χ1) is 8.25. The minimum absolute atomic E-state index is 0.274. The topological polar surface area (TPSA) is 20.3 Å². The second-order valence-corrected chi connectivity index (χ2v) is 6.52. The number of thiophene rings is 1. The molecule has 1 aliphatic carbocycles. The van der Waals surface area contributed by atoms with Crippen molar-refractivity contribution < 1.29 is 4.79 Å². The van der Waals surface area contributed by atoms with Crippen molar-refractivity contribution in [2.75, 3.05) is 12.3 Å². The highest BCUT2D eigenvalue weighted by atomic mass is 32.2. The highest BCUT2D eigenvalue weighted by molar-refractivity contribution is 7.99. The van der Waals surface area contributed by atoms with E-state index in [1.807, 2.05) is 25.6 Å². The molecule has 0 radical (unpaired) electrons. The number of carbonyl (C=O) groups excluding carboxylic acids is 1. The van der Waals surface area contributed by atoms with Crippen LogP contribution in [0.4, 0.5) is 0 Å². The summed E-state index contributed by atoms with van der Waals surface area (Å²) in [7, 11) is 0. The molecule has 2 heterocycles. The second-order valence-electron chi connectivity index (χ2n) is 4.13. The van der Waals surface area contributed by atoms with E-state index in [2.05, 4.69) is 17.9 Å². The van der Waals surface area contributed by atoms with Gasteiger partial charge in [-0.2, -0.15) is 0 Å². The lowest BCUT2D eigenvalue weighted by Gasteiger charge is -2.18. The number of fused-ring (bicyclic) bond motifs is 1. The Kier molecular flexibility index (Phi) is 4.15. The number of hydrogen-bond donors (Lipinski definition) is 0. The molecule has 17 heavy (non-hydrogen) atoms. The molecule has 0 N–H and O–H groups in total. The molecule has 0 atom stereocenters. The van der Waals surface area contributed by atoms with Crippen molar-refractivity contribution in [1.29, 1.82) is 0 Å². The number of thioether (sulfide) groups is 1. The van der Waals surface area contributed by atoms with E-state index < -0.39 is 0 Å². The van der Waals surface area contributed by atoms with Crippen molar-refractivity contribution in [3.8, 4) is 0 Å². The van der Waals surface area contributed by atoms with E-state index in [0.717, 1.165) is 17.2 Å². The maximum Gasteiger partial charge on any atom is 0.265 e. The summed E-state index contributed by atoms with van der Waals surface area (Å²) in [5.74, 6) is 1.32. The third-order valence-corrected chi connectivity index (χ3v) is 5.04. The van der Waals surface area contributed by atoms with Gasteiger partial charge >= 0.3 is 0 Å². The average molecular weight is 269 g/mol. The van der Waals surface area contributed by atoms with Gasteiger partial charge in [-0.15, -0.1) is 23.1 Å². The first-order valence-corrected chi connectivity index (χ1v) is 8.10. The lowest BCUT2D eigenvalue weighted by molar-refractivity contribution is 0.0758. The van der Waals surface area contributed by atoms with E-state index >= 15 is 0 Å². The Hall–Kier alpha value is -0.480. The molecule has 0 unspecified atom stereocenters. The molecular formula is C13H19NOS2. The lowest BCUT2D eigenvalue weighted by atomic mass is 10.3. The van der Waals surface area contributed by atoms with Crippen LogP contribution in [0.1, 0.15) is 41.2 Å². The highest BCUT2D eigenvalue weighted by Crippen LogP contribution is 2.37. The zero-order valence-corrected chi connectivity index (χ0v) is 12.3. The van der Waals surface area contributed by atoms with Gasteiger partial charge in [-0.25, -0.2) is 0 Å². The van der Waals surface area contributed by atoms with Gasteiger partial charge in [0.25, 0.3) is 5.91 Å². The Morgan fingerprint density at radius 3 is 2.71 bits per heavy atom. The van der Waals surface area contributed by atoms with Gasteiger partial charge < -0.3 is 4.90 Å². The third kappa shape index (κ3) is 2.68. The predicted octanol–water partition coefficient (Wildman–Crippen LogP) is 3.79. The van der Waals surface area contributed by atoms with Crippen LogP contribution in [0.25, 0.3) is 0 Å². The molecule has 1 fully saturated rings. The first kappa shape index (κ1) is 13.0. The van der Waals surface area contributed by atoms with Gasteiger partial charge in [-0.05, 0) is 25.8 Å². The summed E-state index contributed by atoms with van der Waals surface area (Å²) in [5, 5.41) is 0. The van der Waals surface area contributed by atoms with Gasteiger partial charge in [0.05, 0.1) is 0 Å². The van der Waals surface area contributed by atoms with E-state index in [-0.39, 0.29) is 5.91 Å². The van der Waals surface area contributed by atoms with E-state index in [1.54, 1.807) is 11.3 Å². The third-order valence-electron chi connectivity index (χ3n) is 2.85. The van der Waals surface area contributed by atoms with Crippen LogP contribution in [-0.4, -0.2) is 29.1 Å². The van der Waals surface area contributed by atoms with Crippen molar-refractivity contribution in [2.45, 2.75) is 44.6 Å². The van der Waals surface area contributed by atoms with Crippen molar-refractivity contribution in [3.63, 3.8) is 0 Å². The largest absolute Gasteiger partial charge is 0.334 e. The van der Waals surface area contributed by atoms with Crippen molar-refractivity contribution in [1.82, 2.24) is 4.90 Å². The van der Waals surface area contributed by atoms with Crippen molar-refractivity contribution >= 4 is 29.0 Å². The fourth-order valence-electron chi connectivity index (χ4n) is 1.97. The number of nitrogens with zero attached hydrogens (tertiary/aromatic N) is 1. The summed E-state index contributed by atoms with van der Waals surface area (Å²) in [6.07, 6.45) is 2.41. The van der Waals surface area contributed by atoms with Gasteiger partial charge in [-0.3, -0.25) is 4.79 Å². The molecule has 1 aromatic rings. The summed E-state index contributed by atoms with van der Waals surface area (Å²) in [6, 6.07) is 2.70. The SMILES string of the molecule is CC.Cc1cc2c(s1)C(=O)N(C1CC1)CCS2. The van der Waals surface area contributed by atoms with Crippen LogP contribution < -0.4 is 0 Å². The molecular weight excluding hydrogens is 250 g/mol. The Morgan fingerprint density at radius 2 is 2.06 bits per heavy atom. The monoisotopic (exact) mass is 269 g/mol. The predicted molar refractivity (Wildman–Crippen MR) is 75.2 cm³/mol. The molecule has 3 rings (SSSR count). The molecule has 1 aliphatic heterocycles. The maximum atomic E-state index is 12.3. The number of amides is 1. The summed E-state index contributed by atoms with van der Waals surface area (Å²) < 4.78 is 0. The second kappa shape index (κ2) is 5.44. The molecule has 2 aliphatic rings. The molecule has 1 saturated carbocycles. The Balaban J connectivity index is 0.000000514. The van der Waals surface area contributed by atoms with E-state index in [0.29, 0.717) is 6.04 Å². The Labute approximate surface area is 111 Å². The zero-order valence-electron chi connectivity index (χ0n) is 10.7. The fraction of sp³-hybridized carbons (Fsp3) is 0.615. The minimum Gasteiger partial charge on any atom is -0.334 e. The molecule has 0 saturated heterocycles. The normalized spacial score (nSPS) is 19.2. The van der Waals surface area contributed by atoms with Crippen molar-refractivity contribution in [3.05, 3.63) is 15.8 Å². The zero-order chi connectivity index (χ0) is 12.4. The molecule has 1 aromatic heterocycles. The summed E-state index contributed by atoms with van der Waals surface area (Å²) in [4.78, 5) is 17.8. The molecule has 4 heteroatoms. The molecule has 0 spiro atoms. The molecule has 0 bridgehead atoms. The number of hydrogen-bond acceptors (Lipinski definition) is 3. The van der Waals surface area contributed by atoms with Crippen LogP contribution in [0.5, 0.6) is 0 Å². The first-order valence-electron chi connectivity index (χ1n) is 6.30. The highest BCUT2D eigenvalue weighted by Gasteiger charge is 2.35. The molecule has 0 aromatic carbocycles. The molecule has 2 nitrogen and oxygen atoms in total. The molecule has 94 valence electrons. The van der Waals surface area contributed by atoms with E-state index in [1.165, 1.54) is 22.6 Å². The van der Waals surface area contributed by atoms with Crippen LogP contribution in [0.3, 0.4) is 0 Å². The average Bonchev–Trinajstić information content (AvgIpc) is 3.11. The minimum atomic E-state index is 0.274. The standard InChI is InChI=1S/C11H13NOS2.C2H6/c1-7-6-9-10(15-7)11(13)12(4-5-14-9)8-2-3-8;1-2/h6,8H,2-5H2,1H3;1-2H3. The maximum absolute atomic E-state index is 12.3. The van der Waals surface area contributed by atoms with Gasteiger partial charge in [0.1, 0.15) is 4.88 Å². The number of carbonyl (C=O) groups is 1. The van der Waals surface area contributed by atoms with Gasteiger partial charge in [-0.1, -0.05) is 13.8 Å². The summed E-state index contributed by atoms with van der Waals surface area (Å²) >= 11 is 3.48. The lowest BCUT2D eigenvalue weighted by Crippen LogP contribution is -2.33. The van der Waals surface area contributed by atoms with Crippen LogP contribution in [0, 0.1) is 6.92 Å². The van der Waals surface area contributed by atoms with Gasteiger partial charge in [0.15, 0.2) is 0 Å². The Morgan fingerprint density at radius 1 is 1.35 bits per heavy atom. The van der Waals surface area contributed by atoms with Crippen LogP contribution in [0.2, 0.25) is 0 Å². The van der Waals surface area contributed by atoms with Crippen LogP contribution >= 0.6 is 23.1 Å². The van der Waals surface area contributed by atoms with E-state index in [4.69, 9.17) is 0 Å². The van der Waals surface area contributed by atoms with Crippen LogP contribution in [0.15, 0.2) is 11.0 Å². The van der Waals surface area contributed by atoms with Crippen LogP contribution in [-0.2, 0) is 0 Å². The Bertz CT molecular complexity index is 410. The number of rotatable bonds is 1. The smallest absolute Gasteiger partial charge is 0.265 e. The number of aryl methyl sites for hydroxylation is 1. The molecule has 1 amide bonds.